The Morgan fingerprint density at radius 1 is 1.25 bits per heavy atom. The average molecular weight is 401 g/mol. The van der Waals surface area contributed by atoms with Crippen LogP contribution >= 0.6 is 11.8 Å². The fraction of sp³-hybridized carbons (Fsp3) is 0.368. The van der Waals surface area contributed by atoms with Crippen molar-refractivity contribution in [3.63, 3.8) is 0 Å². The van der Waals surface area contributed by atoms with E-state index in [9.17, 15) is 14.4 Å². The van der Waals surface area contributed by atoms with Crippen molar-refractivity contribution in [1.82, 2.24) is 19.1 Å². The lowest BCUT2D eigenvalue weighted by Crippen LogP contribution is -2.39. The van der Waals surface area contributed by atoms with Gasteiger partial charge in [-0.3, -0.25) is 18.7 Å². The number of rotatable bonds is 6. The van der Waals surface area contributed by atoms with Gasteiger partial charge in [0, 0.05) is 18.8 Å². The highest BCUT2D eigenvalue weighted by atomic mass is 32.2. The number of fused-ring (bicyclic) bond motifs is 1. The van der Waals surface area contributed by atoms with Crippen LogP contribution in [0.2, 0.25) is 0 Å². The van der Waals surface area contributed by atoms with Gasteiger partial charge >= 0.3 is 5.69 Å². The second-order valence-electron chi connectivity index (χ2n) is 6.44. The minimum Gasteiger partial charge on any atom is -0.327 e. The van der Waals surface area contributed by atoms with Crippen molar-refractivity contribution in [2.75, 3.05) is 5.32 Å². The first kappa shape index (κ1) is 19.9. The van der Waals surface area contributed by atoms with Gasteiger partial charge in [-0.25, -0.2) is 9.78 Å². The van der Waals surface area contributed by atoms with Gasteiger partial charge in [0.1, 0.15) is 0 Å². The normalized spacial score (nSPS) is 12.3. The first-order valence-electron chi connectivity index (χ1n) is 9.13. The molecular formula is C19H23N5O3S. The van der Waals surface area contributed by atoms with Gasteiger partial charge in [0.15, 0.2) is 16.3 Å². The highest BCUT2D eigenvalue weighted by Crippen LogP contribution is 2.23. The van der Waals surface area contributed by atoms with Crippen LogP contribution in [0.25, 0.3) is 11.2 Å². The van der Waals surface area contributed by atoms with Crippen molar-refractivity contribution >= 4 is 34.5 Å². The predicted molar refractivity (Wildman–Crippen MR) is 111 cm³/mol. The SMILES string of the molecule is CCn1c(=O)c2[nH]c(SC(C)C(=O)Nc3cccc(C)c3)nc2n(CC)c1=O. The van der Waals surface area contributed by atoms with Gasteiger partial charge < -0.3 is 10.3 Å². The van der Waals surface area contributed by atoms with Crippen molar-refractivity contribution in [3.05, 3.63) is 50.7 Å². The van der Waals surface area contributed by atoms with Crippen molar-refractivity contribution in [2.24, 2.45) is 0 Å². The number of amides is 1. The van der Waals surface area contributed by atoms with E-state index in [2.05, 4.69) is 15.3 Å². The number of carbonyl (C=O) groups excluding carboxylic acids is 1. The average Bonchev–Trinajstić information content (AvgIpc) is 3.06. The molecule has 0 bridgehead atoms. The summed E-state index contributed by atoms with van der Waals surface area (Å²) in [7, 11) is 0. The molecule has 2 aromatic heterocycles. The largest absolute Gasteiger partial charge is 0.332 e. The number of hydrogen-bond acceptors (Lipinski definition) is 5. The minimum atomic E-state index is -0.448. The molecule has 9 heteroatoms. The number of hydrogen-bond donors (Lipinski definition) is 2. The van der Waals surface area contributed by atoms with Crippen LogP contribution in [0.3, 0.4) is 0 Å². The smallest absolute Gasteiger partial charge is 0.327 e. The summed E-state index contributed by atoms with van der Waals surface area (Å²) in [5.74, 6) is -0.171. The molecule has 28 heavy (non-hydrogen) atoms. The van der Waals surface area contributed by atoms with E-state index < -0.39 is 10.8 Å². The molecule has 1 amide bonds. The monoisotopic (exact) mass is 401 g/mol. The zero-order valence-electron chi connectivity index (χ0n) is 16.3. The molecule has 2 heterocycles. The molecule has 2 N–H and O–H groups in total. The number of imidazole rings is 1. The summed E-state index contributed by atoms with van der Waals surface area (Å²) >= 11 is 1.21. The van der Waals surface area contributed by atoms with Crippen molar-refractivity contribution in [2.45, 2.75) is 51.2 Å². The predicted octanol–water partition coefficient (Wildman–Crippen LogP) is 2.35. The molecule has 0 saturated carbocycles. The Morgan fingerprint density at radius 2 is 1.96 bits per heavy atom. The molecule has 0 aliphatic rings. The molecule has 1 unspecified atom stereocenters. The number of carbonyl (C=O) groups is 1. The van der Waals surface area contributed by atoms with Gasteiger partial charge in [0.25, 0.3) is 5.56 Å². The zero-order chi connectivity index (χ0) is 20.4. The summed E-state index contributed by atoms with van der Waals surface area (Å²) in [5, 5.41) is 2.85. The zero-order valence-corrected chi connectivity index (χ0v) is 17.1. The molecular weight excluding hydrogens is 378 g/mol. The quantitative estimate of drug-likeness (QED) is 0.618. The topological polar surface area (TPSA) is 102 Å². The molecule has 1 aromatic carbocycles. The third-order valence-electron chi connectivity index (χ3n) is 4.42. The molecule has 1 atom stereocenters. The first-order chi connectivity index (χ1) is 13.3. The summed E-state index contributed by atoms with van der Waals surface area (Å²) in [6.07, 6.45) is 0. The third-order valence-corrected chi connectivity index (χ3v) is 5.40. The second kappa shape index (κ2) is 8.05. The number of benzene rings is 1. The van der Waals surface area contributed by atoms with E-state index in [1.807, 2.05) is 38.1 Å². The number of aromatic amines is 1. The first-order valence-corrected chi connectivity index (χ1v) is 10.0. The van der Waals surface area contributed by atoms with Gasteiger partial charge in [-0.15, -0.1) is 0 Å². The van der Waals surface area contributed by atoms with E-state index in [-0.39, 0.29) is 23.7 Å². The number of aromatic nitrogens is 4. The maximum atomic E-state index is 12.5. The number of nitrogens with zero attached hydrogens (tertiary/aromatic N) is 3. The Bertz CT molecular complexity index is 1140. The highest BCUT2D eigenvalue weighted by Gasteiger charge is 2.20. The molecule has 3 rings (SSSR count). The Balaban J connectivity index is 1.88. The van der Waals surface area contributed by atoms with Gasteiger partial charge in [-0.05, 0) is 45.4 Å². The highest BCUT2D eigenvalue weighted by molar-refractivity contribution is 8.00. The fourth-order valence-corrected chi connectivity index (χ4v) is 3.75. The Labute approximate surface area is 166 Å². The van der Waals surface area contributed by atoms with Crippen molar-refractivity contribution in [1.29, 1.82) is 0 Å². The van der Waals surface area contributed by atoms with Crippen LogP contribution in [-0.2, 0) is 17.9 Å². The maximum absolute atomic E-state index is 12.5. The van der Waals surface area contributed by atoms with Gasteiger partial charge in [-0.2, -0.15) is 0 Å². The molecule has 0 radical (unpaired) electrons. The van der Waals surface area contributed by atoms with Crippen molar-refractivity contribution in [3.8, 4) is 0 Å². The van der Waals surface area contributed by atoms with Gasteiger partial charge in [0.05, 0.1) is 5.25 Å². The Morgan fingerprint density at radius 3 is 2.61 bits per heavy atom. The minimum absolute atomic E-state index is 0.171. The lowest BCUT2D eigenvalue weighted by atomic mass is 10.2. The lowest BCUT2D eigenvalue weighted by molar-refractivity contribution is -0.115. The van der Waals surface area contributed by atoms with E-state index in [0.29, 0.717) is 17.3 Å². The molecule has 0 aliphatic heterocycles. The third kappa shape index (κ3) is 3.75. The van der Waals surface area contributed by atoms with Crippen LogP contribution in [0.4, 0.5) is 5.69 Å². The lowest BCUT2D eigenvalue weighted by Gasteiger charge is -2.10. The standard InChI is InChI=1S/C19H23N5O3S/c1-5-23-15-14(17(26)24(6-2)19(23)27)21-18(22-15)28-12(4)16(25)20-13-9-7-8-11(3)10-13/h7-10,12H,5-6H2,1-4H3,(H,20,25)(H,21,22). The summed E-state index contributed by atoms with van der Waals surface area (Å²) in [4.78, 5) is 44.9. The number of H-pyrrole nitrogens is 1. The molecule has 148 valence electrons. The van der Waals surface area contributed by atoms with Crippen LogP contribution in [0.15, 0.2) is 39.0 Å². The van der Waals surface area contributed by atoms with E-state index in [1.165, 1.54) is 20.9 Å². The number of aryl methyl sites for hydroxylation is 2. The number of thioether (sulfide) groups is 1. The number of nitrogens with one attached hydrogen (secondary N) is 2. The van der Waals surface area contributed by atoms with Crippen LogP contribution < -0.4 is 16.6 Å². The molecule has 0 fully saturated rings. The number of anilines is 1. The van der Waals surface area contributed by atoms with E-state index in [1.54, 1.807) is 13.8 Å². The van der Waals surface area contributed by atoms with Crippen LogP contribution in [-0.4, -0.2) is 30.3 Å². The molecule has 8 nitrogen and oxygen atoms in total. The van der Waals surface area contributed by atoms with Crippen LogP contribution in [0.1, 0.15) is 26.3 Å². The summed E-state index contributed by atoms with van der Waals surface area (Å²) < 4.78 is 2.63. The maximum Gasteiger partial charge on any atom is 0.332 e. The summed E-state index contributed by atoms with van der Waals surface area (Å²) in [6, 6.07) is 7.56. The van der Waals surface area contributed by atoms with Crippen molar-refractivity contribution < 1.29 is 4.79 Å². The molecule has 0 aliphatic carbocycles. The van der Waals surface area contributed by atoms with E-state index in [4.69, 9.17) is 0 Å². The molecule has 3 aromatic rings. The van der Waals surface area contributed by atoms with Gasteiger partial charge in [-0.1, -0.05) is 23.9 Å². The van der Waals surface area contributed by atoms with E-state index in [0.717, 1.165) is 11.3 Å². The second-order valence-corrected chi connectivity index (χ2v) is 7.77. The van der Waals surface area contributed by atoms with Crippen LogP contribution in [0, 0.1) is 6.92 Å². The Kier molecular flexibility index (Phi) is 5.73. The molecule has 0 spiro atoms. The fourth-order valence-electron chi connectivity index (χ4n) is 2.95. The Hall–Kier alpha value is -2.81. The summed E-state index contributed by atoms with van der Waals surface area (Å²) in [6.45, 7) is 7.97. The van der Waals surface area contributed by atoms with E-state index >= 15 is 0 Å². The molecule has 0 saturated heterocycles. The van der Waals surface area contributed by atoms with Gasteiger partial charge in [0.2, 0.25) is 5.91 Å². The summed E-state index contributed by atoms with van der Waals surface area (Å²) in [5.41, 5.74) is 1.60. The van der Waals surface area contributed by atoms with Crippen LogP contribution in [0.5, 0.6) is 0 Å².